The lowest BCUT2D eigenvalue weighted by Crippen LogP contribution is -2.06. The number of hydrogen-bond acceptors (Lipinski definition) is 1. The number of rotatable bonds is 0. The molecule has 1 N–H and O–H groups in total. The molecule has 2 aliphatic rings. The van der Waals surface area contributed by atoms with Crippen molar-refractivity contribution < 1.29 is 0 Å². The third-order valence-electron chi connectivity index (χ3n) is 1.91. The van der Waals surface area contributed by atoms with Crippen molar-refractivity contribution >= 4 is 0 Å². The Bertz CT molecular complexity index is 275. The highest BCUT2D eigenvalue weighted by atomic mass is 14.9. The van der Waals surface area contributed by atoms with Crippen LogP contribution in [0.1, 0.15) is 6.92 Å². The maximum Gasteiger partial charge on any atom is 0.0469 e. The normalized spacial score (nSPS) is 27.1. The summed E-state index contributed by atoms with van der Waals surface area (Å²) in [6.45, 7) is 2.13. The van der Waals surface area contributed by atoms with Gasteiger partial charge in [0.15, 0.2) is 0 Å². The fraction of sp³-hybridized carbons (Fsp3) is 0.222. The van der Waals surface area contributed by atoms with E-state index in [4.69, 9.17) is 0 Å². The van der Waals surface area contributed by atoms with Gasteiger partial charge in [0.2, 0.25) is 0 Å². The van der Waals surface area contributed by atoms with Crippen molar-refractivity contribution in [2.75, 3.05) is 0 Å². The lowest BCUT2D eigenvalue weighted by atomic mass is 9.98. The van der Waals surface area contributed by atoms with E-state index in [0.29, 0.717) is 5.92 Å². The molecule has 1 heterocycles. The van der Waals surface area contributed by atoms with E-state index in [1.165, 1.54) is 11.3 Å². The lowest BCUT2D eigenvalue weighted by molar-refractivity contribution is 0.884. The van der Waals surface area contributed by atoms with E-state index >= 15 is 0 Å². The maximum atomic E-state index is 3.20. The van der Waals surface area contributed by atoms with Gasteiger partial charge in [0.25, 0.3) is 0 Å². The van der Waals surface area contributed by atoms with Crippen LogP contribution < -0.4 is 5.32 Å². The molecule has 0 bridgehead atoms. The summed E-state index contributed by atoms with van der Waals surface area (Å²) in [7, 11) is 0. The van der Waals surface area contributed by atoms with Crippen LogP contribution in [0.2, 0.25) is 0 Å². The van der Waals surface area contributed by atoms with E-state index in [2.05, 4.69) is 30.1 Å². The Balaban J connectivity index is 2.43. The Kier molecular flexibility index (Phi) is 1.06. The second kappa shape index (κ2) is 1.89. The Morgan fingerprint density at radius 3 is 3.30 bits per heavy atom. The second-order valence-corrected chi connectivity index (χ2v) is 2.63. The highest BCUT2D eigenvalue weighted by molar-refractivity contribution is 5.36. The van der Waals surface area contributed by atoms with Crippen LogP contribution in [-0.2, 0) is 0 Å². The molecule has 1 aliphatic carbocycles. The van der Waals surface area contributed by atoms with E-state index in [-0.39, 0.29) is 0 Å². The Morgan fingerprint density at radius 1 is 1.60 bits per heavy atom. The quantitative estimate of drug-likeness (QED) is 0.493. The molecule has 1 unspecified atom stereocenters. The molecule has 0 aromatic rings. The molecule has 0 amide bonds. The first-order valence-corrected chi connectivity index (χ1v) is 3.44. The van der Waals surface area contributed by atoms with Crippen molar-refractivity contribution in [2.24, 2.45) is 5.92 Å². The van der Waals surface area contributed by atoms with Gasteiger partial charge in [0.1, 0.15) is 0 Å². The molecular formula is C9H9N. The predicted octanol–water partition coefficient (Wildman–Crippen LogP) is 1.72. The summed E-state index contributed by atoms with van der Waals surface area (Å²) in [5.41, 5.74) is 5.72. The highest BCUT2D eigenvalue weighted by Crippen LogP contribution is 2.25. The Labute approximate surface area is 60.4 Å². The van der Waals surface area contributed by atoms with E-state index in [0.717, 1.165) is 0 Å². The van der Waals surface area contributed by atoms with Crippen LogP contribution in [0.5, 0.6) is 0 Å². The molecule has 1 aliphatic heterocycles. The van der Waals surface area contributed by atoms with E-state index in [1.54, 1.807) is 0 Å². The Morgan fingerprint density at radius 2 is 2.50 bits per heavy atom. The molecule has 1 atom stereocenters. The average Bonchev–Trinajstić information content (AvgIpc) is 2.34. The van der Waals surface area contributed by atoms with Gasteiger partial charge in [-0.15, -0.1) is 5.73 Å². The van der Waals surface area contributed by atoms with Gasteiger partial charge in [0.05, 0.1) is 0 Å². The van der Waals surface area contributed by atoms with E-state index in [9.17, 15) is 0 Å². The van der Waals surface area contributed by atoms with Crippen LogP contribution in [0.4, 0.5) is 0 Å². The molecule has 2 rings (SSSR count). The first-order chi connectivity index (χ1) is 4.88. The fourth-order valence-electron chi connectivity index (χ4n) is 1.28. The zero-order valence-corrected chi connectivity index (χ0v) is 5.89. The van der Waals surface area contributed by atoms with Gasteiger partial charge in [-0.25, -0.2) is 0 Å². The molecule has 0 fully saturated rings. The van der Waals surface area contributed by atoms with Gasteiger partial charge in [-0.05, 0) is 30.7 Å². The molecule has 0 aromatic carbocycles. The van der Waals surface area contributed by atoms with Gasteiger partial charge in [-0.2, -0.15) is 0 Å². The molecule has 1 nitrogen and oxygen atoms in total. The van der Waals surface area contributed by atoms with Gasteiger partial charge in [-0.1, -0.05) is 0 Å². The number of fused-ring (bicyclic) bond motifs is 1. The van der Waals surface area contributed by atoms with Crippen molar-refractivity contribution in [1.29, 1.82) is 0 Å². The van der Waals surface area contributed by atoms with Gasteiger partial charge >= 0.3 is 0 Å². The third kappa shape index (κ3) is 0.647. The van der Waals surface area contributed by atoms with Crippen molar-refractivity contribution in [3.63, 3.8) is 0 Å². The summed E-state index contributed by atoms with van der Waals surface area (Å²) in [5, 5.41) is 3.20. The van der Waals surface area contributed by atoms with Crippen molar-refractivity contribution in [2.45, 2.75) is 6.92 Å². The van der Waals surface area contributed by atoms with Gasteiger partial charge in [0, 0.05) is 17.8 Å². The van der Waals surface area contributed by atoms with Crippen LogP contribution in [0.3, 0.4) is 0 Å². The summed E-state index contributed by atoms with van der Waals surface area (Å²) < 4.78 is 0. The lowest BCUT2D eigenvalue weighted by Gasteiger charge is -2.08. The third-order valence-corrected chi connectivity index (χ3v) is 1.91. The molecule has 1 heteroatoms. The fourth-order valence-corrected chi connectivity index (χ4v) is 1.28. The SMILES string of the molecule is CC1=CNC2=CC=C=CC12. The van der Waals surface area contributed by atoms with Crippen LogP contribution in [0.25, 0.3) is 0 Å². The second-order valence-electron chi connectivity index (χ2n) is 2.63. The summed E-state index contributed by atoms with van der Waals surface area (Å²) in [6.07, 6.45) is 8.14. The zero-order valence-electron chi connectivity index (χ0n) is 5.89. The monoisotopic (exact) mass is 131 g/mol. The Hall–Kier alpha value is -1.20. The zero-order chi connectivity index (χ0) is 6.97. The minimum absolute atomic E-state index is 0.477. The number of nitrogens with one attached hydrogen (secondary N) is 1. The molecular weight excluding hydrogens is 122 g/mol. The van der Waals surface area contributed by atoms with E-state index < -0.39 is 0 Å². The van der Waals surface area contributed by atoms with Crippen LogP contribution in [0, 0.1) is 5.92 Å². The molecule has 10 heavy (non-hydrogen) atoms. The molecule has 0 radical (unpaired) electrons. The number of hydrogen-bond donors (Lipinski definition) is 1. The predicted molar refractivity (Wildman–Crippen MR) is 41.1 cm³/mol. The van der Waals surface area contributed by atoms with Gasteiger partial charge < -0.3 is 5.32 Å². The summed E-state index contributed by atoms with van der Waals surface area (Å²) in [6, 6.07) is 0. The van der Waals surface area contributed by atoms with Crippen LogP contribution >= 0.6 is 0 Å². The minimum atomic E-state index is 0.477. The molecule has 0 aromatic heterocycles. The molecule has 50 valence electrons. The maximum absolute atomic E-state index is 3.20. The molecule has 0 saturated heterocycles. The van der Waals surface area contributed by atoms with Crippen LogP contribution in [-0.4, -0.2) is 0 Å². The van der Waals surface area contributed by atoms with Crippen molar-refractivity contribution in [1.82, 2.24) is 5.32 Å². The molecule has 0 saturated carbocycles. The smallest absolute Gasteiger partial charge is 0.0469 e. The van der Waals surface area contributed by atoms with Crippen molar-refractivity contribution in [3.05, 3.63) is 41.4 Å². The van der Waals surface area contributed by atoms with Gasteiger partial charge in [-0.3, -0.25) is 0 Å². The minimum Gasteiger partial charge on any atom is -0.364 e. The highest BCUT2D eigenvalue weighted by Gasteiger charge is 2.18. The first-order valence-electron chi connectivity index (χ1n) is 3.44. The summed E-state index contributed by atoms with van der Waals surface area (Å²) >= 11 is 0. The number of allylic oxidation sites excluding steroid dienone is 2. The topological polar surface area (TPSA) is 12.0 Å². The van der Waals surface area contributed by atoms with Crippen molar-refractivity contribution in [3.8, 4) is 0 Å². The first kappa shape index (κ1) is 5.57. The van der Waals surface area contributed by atoms with E-state index in [1.807, 2.05) is 12.3 Å². The standard InChI is InChI=1S/C9H9N/c1-7-6-10-9-5-3-2-4-8(7)9/h3-6,8,10H,1H3. The summed E-state index contributed by atoms with van der Waals surface area (Å²) in [5.74, 6) is 0.477. The molecule has 0 spiro atoms. The van der Waals surface area contributed by atoms with Crippen LogP contribution in [0.15, 0.2) is 41.4 Å². The largest absolute Gasteiger partial charge is 0.364 e. The average molecular weight is 131 g/mol. The summed E-state index contributed by atoms with van der Waals surface area (Å²) in [4.78, 5) is 0.